The van der Waals surface area contributed by atoms with E-state index in [2.05, 4.69) is 17.3 Å². The van der Waals surface area contributed by atoms with Crippen LogP contribution in [0.25, 0.3) is 0 Å². The van der Waals surface area contributed by atoms with Gasteiger partial charge in [0.2, 0.25) is 0 Å². The second-order valence-electron chi connectivity index (χ2n) is 6.35. The zero-order chi connectivity index (χ0) is 15.9. The molecule has 1 aliphatic rings. The molecule has 122 valence electrons. The fourth-order valence-electron chi connectivity index (χ4n) is 2.83. The highest BCUT2D eigenvalue weighted by Gasteiger charge is 2.18. The molecule has 1 N–H and O–H groups in total. The molecule has 0 saturated carbocycles. The number of piperidine rings is 1. The summed E-state index contributed by atoms with van der Waals surface area (Å²) in [4.78, 5) is 14.5. The van der Waals surface area contributed by atoms with Gasteiger partial charge in [-0.25, -0.2) is 0 Å². The van der Waals surface area contributed by atoms with Crippen molar-refractivity contribution in [3.8, 4) is 5.75 Å². The van der Waals surface area contributed by atoms with Crippen molar-refractivity contribution < 1.29 is 9.53 Å². The van der Waals surface area contributed by atoms with E-state index in [-0.39, 0.29) is 5.91 Å². The number of carbonyl (C=O) groups is 1. The molecule has 0 unspecified atom stereocenters. The van der Waals surface area contributed by atoms with Crippen LogP contribution in [0.3, 0.4) is 0 Å². The van der Waals surface area contributed by atoms with E-state index in [1.807, 2.05) is 31.2 Å². The van der Waals surface area contributed by atoms with Crippen molar-refractivity contribution in [1.82, 2.24) is 10.2 Å². The van der Waals surface area contributed by atoms with Crippen LogP contribution in [-0.4, -0.2) is 43.6 Å². The topological polar surface area (TPSA) is 41.6 Å². The monoisotopic (exact) mass is 304 g/mol. The minimum Gasteiger partial charge on any atom is -0.481 e. The number of hydrogen-bond donors (Lipinski definition) is 1. The van der Waals surface area contributed by atoms with Crippen LogP contribution in [-0.2, 0) is 4.79 Å². The van der Waals surface area contributed by atoms with Crippen LogP contribution in [0, 0.1) is 12.8 Å². The molecule has 1 heterocycles. The third kappa shape index (κ3) is 5.02. The fraction of sp³-hybridized carbons (Fsp3) is 0.611. The second-order valence-corrected chi connectivity index (χ2v) is 6.35. The standard InChI is InChI=1S/C18H28N2O2/c1-14-6-4-5-7-17(14)22-15(2)18(21)19-11-8-16-9-12-20(3)13-10-16/h4-7,15-16H,8-13H2,1-3H3,(H,19,21)/t15-/m0/s1. The molecule has 1 atom stereocenters. The summed E-state index contributed by atoms with van der Waals surface area (Å²) in [6.07, 6.45) is 3.08. The molecular formula is C18H28N2O2. The van der Waals surface area contributed by atoms with E-state index >= 15 is 0 Å². The van der Waals surface area contributed by atoms with Crippen LogP contribution in [0.15, 0.2) is 24.3 Å². The molecule has 1 aromatic carbocycles. The van der Waals surface area contributed by atoms with E-state index in [9.17, 15) is 4.79 Å². The van der Waals surface area contributed by atoms with Crippen molar-refractivity contribution in [2.45, 2.75) is 39.2 Å². The molecule has 22 heavy (non-hydrogen) atoms. The number of para-hydroxylation sites is 1. The van der Waals surface area contributed by atoms with Gasteiger partial charge < -0.3 is 15.0 Å². The zero-order valence-electron chi connectivity index (χ0n) is 14.0. The summed E-state index contributed by atoms with van der Waals surface area (Å²) in [6, 6.07) is 7.78. The minimum atomic E-state index is -0.460. The first-order chi connectivity index (χ1) is 10.6. The maximum Gasteiger partial charge on any atom is 0.260 e. The van der Waals surface area contributed by atoms with E-state index in [1.165, 1.54) is 25.9 Å². The van der Waals surface area contributed by atoms with Gasteiger partial charge in [-0.1, -0.05) is 18.2 Å². The lowest BCUT2D eigenvalue weighted by molar-refractivity contribution is -0.127. The average molecular weight is 304 g/mol. The van der Waals surface area contributed by atoms with Crippen LogP contribution < -0.4 is 10.1 Å². The van der Waals surface area contributed by atoms with Crippen molar-refractivity contribution in [2.24, 2.45) is 5.92 Å². The van der Waals surface area contributed by atoms with Crippen LogP contribution in [0.5, 0.6) is 5.75 Å². The summed E-state index contributed by atoms with van der Waals surface area (Å²) in [5.74, 6) is 1.49. The third-order valence-corrected chi connectivity index (χ3v) is 4.46. The number of benzene rings is 1. The number of carbonyl (C=O) groups excluding carboxylic acids is 1. The Labute approximate surface area is 133 Å². The molecule has 1 saturated heterocycles. The fourth-order valence-corrected chi connectivity index (χ4v) is 2.83. The largest absolute Gasteiger partial charge is 0.481 e. The first-order valence-corrected chi connectivity index (χ1v) is 8.25. The number of nitrogens with zero attached hydrogens (tertiary/aromatic N) is 1. The normalized spacial score (nSPS) is 18.0. The van der Waals surface area contributed by atoms with Crippen LogP contribution in [0.4, 0.5) is 0 Å². The molecule has 1 aliphatic heterocycles. The number of ether oxygens (including phenoxy) is 1. The quantitative estimate of drug-likeness (QED) is 0.878. The minimum absolute atomic E-state index is 0.0313. The highest BCUT2D eigenvalue weighted by atomic mass is 16.5. The lowest BCUT2D eigenvalue weighted by atomic mass is 9.94. The lowest BCUT2D eigenvalue weighted by Gasteiger charge is -2.29. The Morgan fingerprint density at radius 3 is 2.73 bits per heavy atom. The Bertz CT molecular complexity index is 482. The molecule has 0 aromatic heterocycles. The molecule has 4 nitrogen and oxygen atoms in total. The molecule has 0 spiro atoms. The molecule has 2 rings (SSSR count). The van der Waals surface area contributed by atoms with Gasteiger partial charge >= 0.3 is 0 Å². The first-order valence-electron chi connectivity index (χ1n) is 8.25. The number of nitrogens with one attached hydrogen (secondary N) is 1. The summed E-state index contributed by atoms with van der Waals surface area (Å²) >= 11 is 0. The van der Waals surface area contributed by atoms with Gasteiger partial charge in [0, 0.05) is 6.54 Å². The van der Waals surface area contributed by atoms with Gasteiger partial charge in [-0.05, 0) is 70.8 Å². The van der Waals surface area contributed by atoms with E-state index in [0.717, 1.165) is 30.2 Å². The van der Waals surface area contributed by atoms with Crippen LogP contribution >= 0.6 is 0 Å². The number of amides is 1. The van der Waals surface area contributed by atoms with Crippen molar-refractivity contribution >= 4 is 5.91 Å². The van der Waals surface area contributed by atoms with Crippen molar-refractivity contribution in [3.05, 3.63) is 29.8 Å². The van der Waals surface area contributed by atoms with Gasteiger partial charge in [0.15, 0.2) is 6.10 Å². The zero-order valence-corrected chi connectivity index (χ0v) is 14.0. The van der Waals surface area contributed by atoms with Crippen molar-refractivity contribution in [1.29, 1.82) is 0 Å². The van der Waals surface area contributed by atoms with Gasteiger partial charge in [-0.2, -0.15) is 0 Å². The molecular weight excluding hydrogens is 276 g/mol. The molecule has 1 fully saturated rings. The Balaban J connectivity index is 1.69. The molecule has 0 aliphatic carbocycles. The highest BCUT2D eigenvalue weighted by molar-refractivity contribution is 5.80. The summed E-state index contributed by atoms with van der Waals surface area (Å²) in [5.41, 5.74) is 1.05. The van der Waals surface area contributed by atoms with E-state index in [0.29, 0.717) is 0 Å². The number of hydrogen-bond acceptors (Lipinski definition) is 3. The first kappa shape index (κ1) is 16.8. The molecule has 4 heteroatoms. The Kier molecular flexibility index (Phi) is 6.25. The third-order valence-electron chi connectivity index (χ3n) is 4.46. The summed E-state index contributed by atoms with van der Waals surface area (Å²) in [5, 5.41) is 3.00. The van der Waals surface area contributed by atoms with E-state index < -0.39 is 6.10 Å². The van der Waals surface area contributed by atoms with Gasteiger partial charge in [-0.15, -0.1) is 0 Å². The Morgan fingerprint density at radius 2 is 2.05 bits per heavy atom. The summed E-state index contributed by atoms with van der Waals surface area (Å²) in [6.45, 7) is 6.88. The highest BCUT2D eigenvalue weighted by Crippen LogP contribution is 2.19. The number of rotatable bonds is 6. The van der Waals surface area contributed by atoms with Crippen molar-refractivity contribution in [2.75, 3.05) is 26.7 Å². The maximum atomic E-state index is 12.1. The second kappa shape index (κ2) is 8.18. The molecule has 0 bridgehead atoms. The molecule has 0 radical (unpaired) electrons. The Morgan fingerprint density at radius 1 is 1.36 bits per heavy atom. The average Bonchev–Trinajstić information content (AvgIpc) is 2.51. The SMILES string of the molecule is Cc1ccccc1O[C@@H](C)C(=O)NCCC1CCN(C)CC1. The molecule has 1 amide bonds. The molecule has 1 aromatic rings. The van der Waals surface area contributed by atoms with Gasteiger partial charge in [-0.3, -0.25) is 4.79 Å². The predicted octanol–water partition coefficient (Wildman–Crippen LogP) is 2.61. The van der Waals surface area contributed by atoms with Gasteiger partial charge in [0.05, 0.1) is 0 Å². The van der Waals surface area contributed by atoms with Gasteiger partial charge in [0.25, 0.3) is 5.91 Å². The maximum absolute atomic E-state index is 12.1. The van der Waals surface area contributed by atoms with Gasteiger partial charge in [0.1, 0.15) is 5.75 Å². The summed E-state index contributed by atoms with van der Waals surface area (Å²) < 4.78 is 5.74. The van der Waals surface area contributed by atoms with E-state index in [1.54, 1.807) is 6.92 Å². The van der Waals surface area contributed by atoms with Crippen LogP contribution in [0.1, 0.15) is 31.7 Å². The van der Waals surface area contributed by atoms with Crippen molar-refractivity contribution in [3.63, 3.8) is 0 Å². The Hall–Kier alpha value is -1.55. The number of likely N-dealkylation sites (tertiary alicyclic amines) is 1. The predicted molar refractivity (Wildman–Crippen MR) is 89.1 cm³/mol. The van der Waals surface area contributed by atoms with E-state index in [4.69, 9.17) is 4.74 Å². The van der Waals surface area contributed by atoms with Crippen LogP contribution in [0.2, 0.25) is 0 Å². The summed E-state index contributed by atoms with van der Waals surface area (Å²) in [7, 11) is 2.17. The number of aryl methyl sites for hydroxylation is 1. The lowest BCUT2D eigenvalue weighted by Crippen LogP contribution is -2.38. The smallest absolute Gasteiger partial charge is 0.260 e.